The molecule has 0 unspecified atom stereocenters. The van der Waals surface area contributed by atoms with Gasteiger partial charge in [-0.15, -0.1) is 0 Å². The molecule has 4 rings (SSSR count). The number of fused-ring (bicyclic) bond motifs is 1. The Morgan fingerprint density at radius 2 is 1.73 bits per heavy atom. The zero-order valence-corrected chi connectivity index (χ0v) is 14.7. The average molecular weight is 371 g/mol. The Morgan fingerprint density at radius 1 is 1.00 bits per heavy atom. The van der Waals surface area contributed by atoms with Gasteiger partial charge in [0.25, 0.3) is 5.91 Å². The van der Waals surface area contributed by atoms with E-state index in [1.54, 1.807) is 17.0 Å². The minimum Gasteiger partial charge on any atom is -0.335 e. The Hall–Kier alpha value is -2.78. The Balaban J connectivity index is 1.51. The molecule has 0 saturated carbocycles. The lowest BCUT2D eigenvalue weighted by atomic mass is 10.1. The molecule has 1 aliphatic rings. The predicted molar refractivity (Wildman–Crippen MR) is 95.0 cm³/mol. The van der Waals surface area contributed by atoms with Crippen molar-refractivity contribution in [3.63, 3.8) is 0 Å². The molecule has 0 atom stereocenters. The number of aromatic amines is 1. The number of rotatable bonds is 3. The number of benzene rings is 2. The second-order valence-electron chi connectivity index (χ2n) is 6.06. The Morgan fingerprint density at radius 3 is 2.42 bits per heavy atom. The fourth-order valence-electron chi connectivity index (χ4n) is 3.08. The second-order valence-corrected chi connectivity index (χ2v) is 8.00. The van der Waals surface area contributed by atoms with Crippen LogP contribution in [0.4, 0.5) is 0 Å². The molecular weight excluding hydrogens is 354 g/mol. The summed E-state index contributed by atoms with van der Waals surface area (Å²) in [6.45, 7) is 1.13. The number of hydrogen-bond acceptors (Lipinski definition) is 5. The van der Waals surface area contributed by atoms with Gasteiger partial charge in [-0.1, -0.05) is 30.3 Å². The molecule has 0 bridgehead atoms. The topological polar surface area (TPSA) is 99.3 Å². The molecule has 1 fully saturated rings. The van der Waals surface area contributed by atoms with Crippen LogP contribution in [0.3, 0.4) is 0 Å². The minimum absolute atomic E-state index is 0.232. The van der Waals surface area contributed by atoms with Gasteiger partial charge in [0.1, 0.15) is 0 Å². The minimum atomic E-state index is -3.60. The molecular formula is C17H17N5O3S. The fraction of sp³-hybridized carbons (Fsp3) is 0.235. The predicted octanol–water partition coefficient (Wildman–Crippen LogP) is 1.10. The van der Waals surface area contributed by atoms with E-state index in [1.165, 1.54) is 10.5 Å². The number of sulfonamides is 1. The number of aromatic nitrogens is 3. The van der Waals surface area contributed by atoms with Gasteiger partial charge < -0.3 is 4.90 Å². The first-order chi connectivity index (χ1) is 12.6. The van der Waals surface area contributed by atoms with Crippen LogP contribution < -0.4 is 0 Å². The zero-order valence-electron chi connectivity index (χ0n) is 13.9. The third kappa shape index (κ3) is 2.95. The monoisotopic (exact) mass is 371 g/mol. The van der Waals surface area contributed by atoms with Gasteiger partial charge in [-0.2, -0.15) is 19.7 Å². The van der Waals surface area contributed by atoms with Crippen molar-refractivity contribution < 1.29 is 13.2 Å². The maximum Gasteiger partial charge on any atom is 0.276 e. The van der Waals surface area contributed by atoms with Crippen molar-refractivity contribution in [2.75, 3.05) is 26.2 Å². The number of H-pyrrole nitrogens is 1. The van der Waals surface area contributed by atoms with Gasteiger partial charge in [0.15, 0.2) is 5.69 Å². The van der Waals surface area contributed by atoms with Crippen molar-refractivity contribution >= 4 is 26.7 Å². The van der Waals surface area contributed by atoms with E-state index >= 15 is 0 Å². The van der Waals surface area contributed by atoms with Gasteiger partial charge in [0, 0.05) is 26.2 Å². The van der Waals surface area contributed by atoms with E-state index in [0.29, 0.717) is 13.1 Å². The van der Waals surface area contributed by atoms with Crippen molar-refractivity contribution in [3.8, 4) is 0 Å². The van der Waals surface area contributed by atoms with Crippen molar-refractivity contribution in [3.05, 3.63) is 54.4 Å². The lowest BCUT2D eigenvalue weighted by Gasteiger charge is -2.33. The number of carbonyl (C=O) groups is 1. The van der Waals surface area contributed by atoms with E-state index < -0.39 is 10.0 Å². The molecule has 1 saturated heterocycles. The van der Waals surface area contributed by atoms with Gasteiger partial charge in [0.05, 0.1) is 11.1 Å². The lowest BCUT2D eigenvalue weighted by Crippen LogP contribution is -2.50. The maximum absolute atomic E-state index is 12.9. The van der Waals surface area contributed by atoms with Crippen LogP contribution in [0.5, 0.6) is 0 Å². The first-order valence-corrected chi connectivity index (χ1v) is 9.64. The Labute approximate surface area is 150 Å². The molecule has 1 aliphatic heterocycles. The third-order valence-corrected chi connectivity index (χ3v) is 6.41. The van der Waals surface area contributed by atoms with Crippen LogP contribution in [-0.4, -0.2) is 65.1 Å². The highest BCUT2D eigenvalue weighted by molar-refractivity contribution is 7.89. The number of carbonyl (C=O) groups excluding carboxylic acids is 1. The number of amides is 1. The summed E-state index contributed by atoms with van der Waals surface area (Å²) >= 11 is 0. The largest absolute Gasteiger partial charge is 0.335 e. The molecule has 0 radical (unpaired) electrons. The second kappa shape index (κ2) is 6.50. The van der Waals surface area contributed by atoms with Crippen LogP contribution in [-0.2, 0) is 10.0 Å². The molecule has 0 spiro atoms. The van der Waals surface area contributed by atoms with Crippen molar-refractivity contribution in [1.82, 2.24) is 24.6 Å². The molecule has 2 heterocycles. The normalized spacial score (nSPS) is 16.1. The fourth-order valence-corrected chi connectivity index (χ4v) is 4.53. The molecule has 8 nitrogen and oxygen atoms in total. The molecule has 134 valence electrons. The lowest BCUT2D eigenvalue weighted by molar-refractivity contribution is 0.0692. The zero-order chi connectivity index (χ0) is 18.1. The molecule has 1 amide bonds. The summed E-state index contributed by atoms with van der Waals surface area (Å²) in [5.41, 5.74) is 0.232. The molecule has 0 aliphatic carbocycles. The highest BCUT2D eigenvalue weighted by Gasteiger charge is 2.31. The first kappa shape index (κ1) is 16.7. The van der Waals surface area contributed by atoms with Crippen LogP contribution in [0.1, 0.15) is 10.5 Å². The van der Waals surface area contributed by atoms with E-state index in [-0.39, 0.29) is 29.6 Å². The summed E-state index contributed by atoms with van der Waals surface area (Å²) in [6, 6.07) is 12.8. The molecule has 9 heteroatoms. The summed E-state index contributed by atoms with van der Waals surface area (Å²) < 4.78 is 27.3. The van der Waals surface area contributed by atoms with Crippen molar-refractivity contribution in [2.45, 2.75) is 4.90 Å². The molecule has 26 heavy (non-hydrogen) atoms. The van der Waals surface area contributed by atoms with Gasteiger partial charge in [-0.3, -0.25) is 4.79 Å². The van der Waals surface area contributed by atoms with E-state index in [9.17, 15) is 13.2 Å². The highest BCUT2D eigenvalue weighted by atomic mass is 32.2. The van der Waals surface area contributed by atoms with Gasteiger partial charge >= 0.3 is 0 Å². The third-order valence-electron chi connectivity index (χ3n) is 4.52. The summed E-state index contributed by atoms with van der Waals surface area (Å²) in [6.07, 6.45) is 1.36. The maximum atomic E-state index is 12.9. The van der Waals surface area contributed by atoms with Crippen molar-refractivity contribution in [1.29, 1.82) is 0 Å². The van der Waals surface area contributed by atoms with Crippen LogP contribution in [0, 0.1) is 0 Å². The molecule has 3 aromatic rings. The van der Waals surface area contributed by atoms with Crippen LogP contribution in [0.25, 0.3) is 10.8 Å². The van der Waals surface area contributed by atoms with E-state index in [2.05, 4.69) is 15.4 Å². The number of nitrogens with zero attached hydrogens (tertiary/aromatic N) is 4. The number of piperazine rings is 1. The molecule has 1 aromatic heterocycles. The Kier molecular flexibility index (Phi) is 4.17. The van der Waals surface area contributed by atoms with Crippen LogP contribution in [0.2, 0.25) is 0 Å². The van der Waals surface area contributed by atoms with Gasteiger partial charge in [0.2, 0.25) is 10.0 Å². The SMILES string of the molecule is O=C(c1cn[nH]n1)N1CCN(S(=O)(=O)c2ccc3ccccc3c2)CC1. The summed E-state index contributed by atoms with van der Waals surface area (Å²) in [5.74, 6) is -0.249. The van der Waals surface area contributed by atoms with Crippen LogP contribution in [0.15, 0.2) is 53.6 Å². The summed E-state index contributed by atoms with van der Waals surface area (Å²) in [5, 5.41) is 11.7. The standard InChI is InChI=1S/C17H17N5O3S/c23-17(16-12-18-20-19-16)21-7-9-22(10-8-21)26(24,25)15-6-5-13-3-1-2-4-14(13)11-15/h1-6,11-12H,7-10H2,(H,18,19,20). The van der Waals surface area contributed by atoms with Gasteiger partial charge in [-0.05, 0) is 22.9 Å². The van der Waals surface area contributed by atoms with Crippen LogP contribution >= 0.6 is 0 Å². The molecule has 2 aromatic carbocycles. The van der Waals surface area contributed by atoms with Gasteiger partial charge in [-0.25, -0.2) is 8.42 Å². The number of hydrogen-bond donors (Lipinski definition) is 1. The number of nitrogens with one attached hydrogen (secondary N) is 1. The quantitative estimate of drug-likeness (QED) is 0.743. The van der Waals surface area contributed by atoms with E-state index in [0.717, 1.165) is 10.8 Å². The first-order valence-electron chi connectivity index (χ1n) is 8.20. The highest BCUT2D eigenvalue weighted by Crippen LogP contribution is 2.23. The Bertz CT molecular complexity index is 1040. The van der Waals surface area contributed by atoms with E-state index in [4.69, 9.17) is 0 Å². The average Bonchev–Trinajstić information content (AvgIpc) is 3.22. The molecule has 1 N–H and O–H groups in total. The van der Waals surface area contributed by atoms with Crippen molar-refractivity contribution in [2.24, 2.45) is 0 Å². The van der Waals surface area contributed by atoms with E-state index in [1.807, 2.05) is 30.3 Å². The summed E-state index contributed by atoms with van der Waals surface area (Å²) in [7, 11) is -3.60. The summed E-state index contributed by atoms with van der Waals surface area (Å²) in [4.78, 5) is 14.1. The smallest absolute Gasteiger partial charge is 0.276 e.